The second-order valence-electron chi connectivity index (χ2n) is 5.00. The van der Waals surface area contributed by atoms with Gasteiger partial charge in [-0.25, -0.2) is 0 Å². The van der Waals surface area contributed by atoms with Crippen molar-refractivity contribution in [1.82, 2.24) is 4.90 Å². The molecule has 2 nitrogen and oxygen atoms in total. The minimum absolute atomic E-state index is 0. The first-order chi connectivity index (χ1) is 9.90. The summed E-state index contributed by atoms with van der Waals surface area (Å²) in [6, 6.07) is 19.9. The van der Waals surface area contributed by atoms with Crippen LogP contribution in [0.2, 0.25) is 0 Å². The topological polar surface area (TPSA) is 6.48 Å². The van der Waals surface area contributed by atoms with Gasteiger partial charge in [-0.1, -0.05) is 42.1 Å². The Morgan fingerprint density at radius 2 is 1.86 bits per heavy atom. The number of anilines is 1. The zero-order chi connectivity index (χ0) is 13.4. The molecule has 0 N–H and O–H groups in total. The summed E-state index contributed by atoms with van der Waals surface area (Å²) in [5.41, 5.74) is 4.83. The molecule has 2 heterocycles. The molecule has 0 saturated carbocycles. The Bertz CT molecular complexity index is 691. The van der Waals surface area contributed by atoms with Crippen molar-refractivity contribution in [1.29, 1.82) is 0 Å². The van der Waals surface area contributed by atoms with Crippen LogP contribution in [0.15, 0.2) is 66.5 Å². The average molecular weight is 451 g/mol. The van der Waals surface area contributed by atoms with Crippen molar-refractivity contribution in [2.45, 2.75) is 6.54 Å². The van der Waals surface area contributed by atoms with E-state index in [4.69, 9.17) is 0 Å². The summed E-state index contributed by atoms with van der Waals surface area (Å²) in [5.74, 6) is 0. The number of hydrogen-bond donors (Lipinski definition) is 0. The normalized spacial score (nSPS) is 15.1. The maximum absolute atomic E-state index is 3.32. The third kappa shape index (κ3) is 2.67. The molecule has 0 spiro atoms. The van der Waals surface area contributed by atoms with Crippen LogP contribution in [0.4, 0.5) is 5.69 Å². The minimum atomic E-state index is 0. The Hall–Kier alpha value is -1.83. The van der Waals surface area contributed by atoms with Gasteiger partial charge < -0.3 is 9.80 Å². The zero-order valence-electron chi connectivity index (χ0n) is 11.4. The van der Waals surface area contributed by atoms with E-state index in [0.29, 0.717) is 0 Å². The summed E-state index contributed by atoms with van der Waals surface area (Å²) in [5, 5.41) is 0. The Balaban J connectivity index is 0.00000132. The minimum Gasteiger partial charge on any atom is -0.504 e. The molecule has 0 saturated heterocycles. The Morgan fingerprint density at radius 1 is 1.00 bits per heavy atom. The molecular weight excluding hydrogens is 436 g/mol. The first-order valence-electron chi connectivity index (χ1n) is 6.75. The number of hydrogen-bond acceptors (Lipinski definition) is 2. The zero-order valence-corrected chi connectivity index (χ0v) is 13.8. The largest absolute Gasteiger partial charge is 0.504 e. The van der Waals surface area contributed by atoms with Crippen molar-refractivity contribution in [3.63, 3.8) is 0 Å². The summed E-state index contributed by atoms with van der Waals surface area (Å²) in [6.45, 7) is 3.03. The predicted molar refractivity (Wildman–Crippen MR) is 81.2 cm³/mol. The molecule has 0 atom stereocenters. The van der Waals surface area contributed by atoms with Gasteiger partial charge in [-0.2, -0.15) is 30.9 Å². The first-order valence-corrected chi connectivity index (χ1v) is 6.75. The summed E-state index contributed by atoms with van der Waals surface area (Å²) in [7, 11) is 0. The molecule has 0 amide bonds. The number of para-hydroxylation sites is 1. The monoisotopic (exact) mass is 451 g/mol. The van der Waals surface area contributed by atoms with Gasteiger partial charge >= 0.3 is 0 Å². The quantitative estimate of drug-likeness (QED) is 0.643. The molecule has 1 radical (unpaired) electrons. The molecule has 0 bridgehead atoms. The molecule has 21 heavy (non-hydrogen) atoms. The van der Waals surface area contributed by atoms with Gasteiger partial charge in [0.05, 0.1) is 0 Å². The SMILES string of the molecule is [Ir].[c-]1cccc2c1N1[CH-]N(Cc3ccccc3)C=C1C=C2. The number of benzene rings is 2. The molecule has 0 unspecified atom stereocenters. The van der Waals surface area contributed by atoms with Crippen molar-refractivity contribution in [2.75, 3.05) is 4.90 Å². The second kappa shape index (κ2) is 5.88. The molecule has 0 aromatic heterocycles. The van der Waals surface area contributed by atoms with Gasteiger partial charge in [-0.15, -0.1) is 11.6 Å². The molecule has 0 aliphatic carbocycles. The molecule has 2 aliphatic heterocycles. The molecule has 2 aromatic rings. The molecule has 3 heteroatoms. The van der Waals surface area contributed by atoms with E-state index in [1.54, 1.807) is 0 Å². The van der Waals surface area contributed by atoms with Crippen LogP contribution in [0.1, 0.15) is 11.1 Å². The smallest absolute Gasteiger partial charge is 0.0240 e. The summed E-state index contributed by atoms with van der Waals surface area (Å²) >= 11 is 0. The molecule has 4 rings (SSSR count). The van der Waals surface area contributed by atoms with Crippen LogP contribution < -0.4 is 4.90 Å². The molecule has 2 aromatic carbocycles. The maximum atomic E-state index is 3.32. The first kappa shape index (κ1) is 14.1. The fraction of sp³-hybridized carbons (Fsp3) is 0.0556. The third-order valence-corrected chi connectivity index (χ3v) is 3.59. The maximum Gasteiger partial charge on any atom is 0.0240 e. The summed E-state index contributed by atoms with van der Waals surface area (Å²) in [6.07, 6.45) is 6.47. The molecule has 0 fully saturated rings. The van der Waals surface area contributed by atoms with Crippen molar-refractivity contribution in [3.05, 3.63) is 90.4 Å². The number of allylic oxidation sites excluding steroid dienone is 1. The van der Waals surface area contributed by atoms with Crippen LogP contribution in [0, 0.1) is 12.7 Å². The van der Waals surface area contributed by atoms with Gasteiger partial charge in [0.25, 0.3) is 0 Å². The Morgan fingerprint density at radius 3 is 2.71 bits per heavy atom. The van der Waals surface area contributed by atoms with Gasteiger partial charge in [-0.3, -0.25) is 0 Å². The van der Waals surface area contributed by atoms with Gasteiger partial charge in [0.2, 0.25) is 0 Å². The van der Waals surface area contributed by atoms with Crippen molar-refractivity contribution in [2.24, 2.45) is 0 Å². The fourth-order valence-corrected chi connectivity index (χ4v) is 2.63. The predicted octanol–water partition coefficient (Wildman–Crippen LogP) is 3.79. The van der Waals surface area contributed by atoms with Crippen LogP contribution in [0.5, 0.6) is 0 Å². The van der Waals surface area contributed by atoms with Crippen LogP contribution in [0.25, 0.3) is 6.08 Å². The summed E-state index contributed by atoms with van der Waals surface area (Å²) in [4.78, 5) is 4.41. The summed E-state index contributed by atoms with van der Waals surface area (Å²) < 4.78 is 0. The Kier molecular flexibility index (Phi) is 3.96. The standard InChI is InChI=1S/C18H14N2.Ir/c1-2-6-15(7-3-1)12-19-13-17-11-10-16-8-4-5-9-18(16)20(17)14-19;/h1-8,10-11,13-14H,12H2;/q-2;. The molecule has 107 valence electrons. The number of rotatable bonds is 2. The van der Waals surface area contributed by atoms with Crippen molar-refractivity contribution < 1.29 is 20.1 Å². The van der Waals surface area contributed by atoms with Crippen molar-refractivity contribution in [3.8, 4) is 0 Å². The fourth-order valence-electron chi connectivity index (χ4n) is 2.63. The number of nitrogens with zero attached hydrogens (tertiary/aromatic N) is 2. The van der Waals surface area contributed by atoms with Crippen LogP contribution in [-0.4, -0.2) is 4.90 Å². The van der Waals surface area contributed by atoms with E-state index in [1.807, 2.05) is 18.2 Å². The van der Waals surface area contributed by atoms with Gasteiger partial charge in [0.15, 0.2) is 0 Å². The van der Waals surface area contributed by atoms with Gasteiger partial charge in [0.1, 0.15) is 0 Å². The van der Waals surface area contributed by atoms with E-state index in [2.05, 4.69) is 71.2 Å². The van der Waals surface area contributed by atoms with E-state index < -0.39 is 0 Å². The van der Waals surface area contributed by atoms with Crippen molar-refractivity contribution >= 4 is 11.8 Å². The second-order valence-corrected chi connectivity index (χ2v) is 5.00. The van der Waals surface area contributed by atoms with Crippen LogP contribution in [0.3, 0.4) is 0 Å². The van der Waals surface area contributed by atoms with E-state index in [0.717, 1.165) is 12.2 Å². The van der Waals surface area contributed by atoms with E-state index in [1.165, 1.54) is 16.8 Å². The van der Waals surface area contributed by atoms with Crippen LogP contribution >= 0.6 is 0 Å². The third-order valence-electron chi connectivity index (χ3n) is 3.59. The molecular formula is C18H14IrN2-2. The molecule has 2 aliphatic rings. The Labute approximate surface area is 138 Å². The van der Waals surface area contributed by atoms with E-state index in [9.17, 15) is 0 Å². The van der Waals surface area contributed by atoms with E-state index in [-0.39, 0.29) is 20.1 Å². The average Bonchev–Trinajstić information content (AvgIpc) is 2.91. The van der Waals surface area contributed by atoms with Gasteiger partial charge in [0, 0.05) is 32.3 Å². The van der Waals surface area contributed by atoms with Crippen LogP contribution in [-0.2, 0) is 26.7 Å². The van der Waals surface area contributed by atoms with Gasteiger partial charge in [-0.05, 0) is 11.8 Å². The number of fused-ring (bicyclic) bond motifs is 3. The van der Waals surface area contributed by atoms with E-state index >= 15 is 0 Å².